The van der Waals surface area contributed by atoms with Gasteiger partial charge in [-0.25, -0.2) is 9.78 Å². The van der Waals surface area contributed by atoms with Crippen molar-refractivity contribution in [3.05, 3.63) is 29.9 Å². The number of carboxylic acid groups (broad SMARTS) is 1. The van der Waals surface area contributed by atoms with Gasteiger partial charge in [0.05, 0.1) is 5.69 Å². The fourth-order valence-corrected chi connectivity index (χ4v) is 3.30. The smallest absolute Gasteiger partial charge is 0.475 e. The van der Waals surface area contributed by atoms with Crippen LogP contribution in [0.5, 0.6) is 0 Å². The number of hydrogen-bond acceptors (Lipinski definition) is 6. The van der Waals surface area contributed by atoms with Crippen molar-refractivity contribution in [2.75, 3.05) is 18.0 Å². The van der Waals surface area contributed by atoms with Gasteiger partial charge in [-0.3, -0.25) is 9.78 Å². The van der Waals surface area contributed by atoms with E-state index in [1.807, 2.05) is 23.7 Å². The van der Waals surface area contributed by atoms with Gasteiger partial charge < -0.3 is 15.7 Å². The number of primary amides is 1. The van der Waals surface area contributed by atoms with Gasteiger partial charge in [0.2, 0.25) is 5.91 Å². The molecule has 1 amide bonds. The Balaban J connectivity index is 0.000000321. The molecular weight excluding hydrogens is 385 g/mol. The number of nitrogens with zero attached hydrogens (tertiary/aromatic N) is 3. The summed E-state index contributed by atoms with van der Waals surface area (Å²) < 4.78 is 31.7. The van der Waals surface area contributed by atoms with Crippen molar-refractivity contribution in [3.63, 3.8) is 0 Å². The quantitative estimate of drug-likeness (QED) is 0.817. The molecule has 1 saturated heterocycles. The molecule has 27 heavy (non-hydrogen) atoms. The number of carbonyl (C=O) groups is 2. The number of aromatic nitrogens is 2. The Morgan fingerprint density at radius 2 is 1.93 bits per heavy atom. The Morgan fingerprint density at radius 1 is 1.30 bits per heavy atom. The topological polar surface area (TPSA) is 109 Å². The van der Waals surface area contributed by atoms with Crippen LogP contribution in [0.25, 0.3) is 11.3 Å². The minimum absolute atomic E-state index is 0.0176. The Morgan fingerprint density at radius 3 is 2.41 bits per heavy atom. The first-order valence-corrected chi connectivity index (χ1v) is 8.76. The van der Waals surface area contributed by atoms with Crippen molar-refractivity contribution in [1.29, 1.82) is 0 Å². The van der Waals surface area contributed by atoms with Gasteiger partial charge in [-0.1, -0.05) is 0 Å². The van der Waals surface area contributed by atoms with E-state index in [9.17, 15) is 18.0 Å². The Hall–Kier alpha value is -2.69. The lowest BCUT2D eigenvalue weighted by molar-refractivity contribution is -0.192. The minimum atomic E-state index is -5.08. The SMILES string of the molecule is NC(=O)C1CCN(c2nc(-c3cccnc3)cs2)CC1.O=C(O)C(F)(F)F. The first-order valence-electron chi connectivity index (χ1n) is 7.88. The monoisotopic (exact) mass is 402 g/mol. The Labute approximate surface area is 156 Å². The lowest BCUT2D eigenvalue weighted by Crippen LogP contribution is -2.38. The van der Waals surface area contributed by atoms with Gasteiger partial charge in [-0.2, -0.15) is 13.2 Å². The van der Waals surface area contributed by atoms with Gasteiger partial charge >= 0.3 is 12.1 Å². The molecule has 0 unspecified atom stereocenters. The zero-order valence-electron chi connectivity index (χ0n) is 14.0. The average Bonchev–Trinajstić information content (AvgIpc) is 3.12. The molecule has 2 aromatic rings. The number of anilines is 1. The second kappa shape index (κ2) is 8.80. The number of carboxylic acids is 1. The van der Waals surface area contributed by atoms with Crippen molar-refractivity contribution in [3.8, 4) is 11.3 Å². The third-order valence-corrected chi connectivity index (χ3v) is 4.76. The molecule has 146 valence electrons. The summed E-state index contributed by atoms with van der Waals surface area (Å²) in [5.74, 6) is -2.92. The third kappa shape index (κ3) is 5.91. The molecule has 7 nitrogen and oxygen atoms in total. The van der Waals surface area contributed by atoms with Gasteiger partial charge in [0.1, 0.15) is 0 Å². The predicted molar refractivity (Wildman–Crippen MR) is 93.2 cm³/mol. The number of thiazole rings is 1. The molecule has 3 rings (SSSR count). The van der Waals surface area contributed by atoms with Crippen LogP contribution in [0, 0.1) is 5.92 Å². The highest BCUT2D eigenvalue weighted by Gasteiger charge is 2.38. The van der Waals surface area contributed by atoms with Crippen LogP contribution in [-0.4, -0.2) is 46.2 Å². The van der Waals surface area contributed by atoms with E-state index in [2.05, 4.69) is 14.9 Å². The van der Waals surface area contributed by atoms with Crippen molar-refractivity contribution < 1.29 is 27.9 Å². The Bertz CT molecular complexity index is 775. The van der Waals surface area contributed by atoms with Crippen LogP contribution in [0.1, 0.15) is 12.8 Å². The molecule has 2 aromatic heterocycles. The first-order chi connectivity index (χ1) is 12.7. The molecule has 1 fully saturated rings. The van der Waals surface area contributed by atoms with Crippen LogP contribution in [0.2, 0.25) is 0 Å². The molecule has 0 atom stereocenters. The van der Waals surface area contributed by atoms with E-state index in [-0.39, 0.29) is 11.8 Å². The molecule has 1 aliphatic rings. The van der Waals surface area contributed by atoms with Crippen LogP contribution in [0.15, 0.2) is 29.9 Å². The van der Waals surface area contributed by atoms with E-state index < -0.39 is 12.1 Å². The summed E-state index contributed by atoms with van der Waals surface area (Å²) in [7, 11) is 0. The summed E-state index contributed by atoms with van der Waals surface area (Å²) in [4.78, 5) is 31.1. The van der Waals surface area contributed by atoms with Crippen LogP contribution >= 0.6 is 11.3 Å². The summed E-state index contributed by atoms with van der Waals surface area (Å²) in [6.45, 7) is 1.68. The lowest BCUT2D eigenvalue weighted by Gasteiger charge is -2.30. The van der Waals surface area contributed by atoms with Crippen molar-refractivity contribution in [2.45, 2.75) is 19.0 Å². The van der Waals surface area contributed by atoms with Gasteiger partial charge in [0, 0.05) is 42.3 Å². The zero-order valence-corrected chi connectivity index (χ0v) is 14.8. The number of amides is 1. The van der Waals surface area contributed by atoms with E-state index in [4.69, 9.17) is 15.6 Å². The molecule has 0 spiro atoms. The van der Waals surface area contributed by atoms with E-state index in [1.165, 1.54) is 0 Å². The summed E-state index contributed by atoms with van der Waals surface area (Å²) >= 11 is 1.63. The number of rotatable bonds is 3. The van der Waals surface area contributed by atoms with Crippen molar-refractivity contribution in [1.82, 2.24) is 9.97 Å². The zero-order chi connectivity index (χ0) is 20.0. The lowest BCUT2D eigenvalue weighted by atomic mass is 9.97. The van der Waals surface area contributed by atoms with Gasteiger partial charge in [-0.15, -0.1) is 11.3 Å². The highest BCUT2D eigenvalue weighted by atomic mass is 32.1. The van der Waals surface area contributed by atoms with Crippen LogP contribution in [0.4, 0.5) is 18.3 Å². The molecule has 0 radical (unpaired) electrons. The molecule has 1 aliphatic heterocycles. The Kier molecular flexibility index (Phi) is 6.72. The second-order valence-electron chi connectivity index (χ2n) is 5.72. The highest BCUT2D eigenvalue weighted by Crippen LogP contribution is 2.29. The molecule has 0 aliphatic carbocycles. The average molecular weight is 402 g/mol. The van der Waals surface area contributed by atoms with Gasteiger partial charge in [-0.05, 0) is 25.0 Å². The maximum Gasteiger partial charge on any atom is 0.490 e. The minimum Gasteiger partial charge on any atom is -0.475 e. The van der Waals surface area contributed by atoms with Gasteiger partial charge in [0.15, 0.2) is 5.13 Å². The summed E-state index contributed by atoms with van der Waals surface area (Å²) in [6.07, 6.45) is 0.123. The largest absolute Gasteiger partial charge is 0.490 e. The van der Waals surface area contributed by atoms with Gasteiger partial charge in [0.25, 0.3) is 0 Å². The summed E-state index contributed by atoms with van der Waals surface area (Å²) in [5, 5.41) is 10.2. The molecule has 0 bridgehead atoms. The van der Waals surface area contributed by atoms with Crippen molar-refractivity contribution >= 4 is 28.3 Å². The summed E-state index contributed by atoms with van der Waals surface area (Å²) in [5.41, 5.74) is 7.34. The number of aliphatic carboxylic acids is 1. The fraction of sp³-hybridized carbons (Fsp3) is 0.375. The van der Waals surface area contributed by atoms with E-state index >= 15 is 0 Å². The molecule has 0 aromatic carbocycles. The highest BCUT2D eigenvalue weighted by molar-refractivity contribution is 7.14. The predicted octanol–water partition coefficient (Wildman–Crippen LogP) is 2.54. The first kappa shape index (κ1) is 20.6. The van der Waals surface area contributed by atoms with Crippen LogP contribution in [-0.2, 0) is 9.59 Å². The number of pyridine rings is 1. The molecule has 0 saturated carbocycles. The number of carbonyl (C=O) groups excluding carboxylic acids is 1. The summed E-state index contributed by atoms with van der Waals surface area (Å²) in [6, 6.07) is 3.91. The number of halogens is 3. The fourth-order valence-electron chi connectivity index (χ4n) is 2.41. The molecule has 3 heterocycles. The number of hydrogen-bond donors (Lipinski definition) is 2. The van der Waals surface area contributed by atoms with E-state index in [0.29, 0.717) is 0 Å². The second-order valence-corrected chi connectivity index (χ2v) is 6.56. The number of piperidine rings is 1. The standard InChI is InChI=1S/C14H16N4OS.C2HF3O2/c15-13(19)10-3-6-18(7-4-10)14-17-12(9-20-14)11-2-1-5-16-8-11;3-2(4,5)1(6)7/h1-2,5,8-10H,3-4,6-7H2,(H2,15,19);(H,6,7). The molecular formula is C16H17F3N4O3S. The number of alkyl halides is 3. The third-order valence-electron chi connectivity index (χ3n) is 3.86. The molecule has 11 heteroatoms. The van der Waals surface area contributed by atoms with Crippen LogP contribution < -0.4 is 10.6 Å². The normalized spacial score (nSPS) is 15.0. The molecule has 3 N–H and O–H groups in total. The van der Waals surface area contributed by atoms with E-state index in [0.717, 1.165) is 42.3 Å². The van der Waals surface area contributed by atoms with Crippen molar-refractivity contribution in [2.24, 2.45) is 11.7 Å². The number of nitrogens with two attached hydrogens (primary N) is 1. The van der Waals surface area contributed by atoms with Crippen LogP contribution in [0.3, 0.4) is 0 Å². The van der Waals surface area contributed by atoms with E-state index in [1.54, 1.807) is 17.5 Å². The maximum absolute atomic E-state index is 11.2. The maximum atomic E-state index is 11.2.